The van der Waals surface area contributed by atoms with Crippen molar-refractivity contribution < 1.29 is 14.9 Å². The van der Waals surface area contributed by atoms with Crippen LogP contribution in [0.5, 0.6) is 0 Å². The Bertz CT molecular complexity index is 793. The van der Waals surface area contributed by atoms with Gasteiger partial charge in [-0.15, -0.1) is 0 Å². The molecule has 1 saturated heterocycles. The highest BCUT2D eigenvalue weighted by Gasteiger charge is 2.83. The fraction of sp³-hybridized carbons (Fsp3) is 1.00. The highest BCUT2D eigenvalue weighted by molar-refractivity contribution is 5.31. The summed E-state index contributed by atoms with van der Waals surface area (Å²) < 4.78 is 6.74. The molecule has 11 atom stereocenters. The van der Waals surface area contributed by atoms with Crippen molar-refractivity contribution >= 4 is 0 Å². The van der Waals surface area contributed by atoms with Gasteiger partial charge in [-0.05, 0) is 115 Å². The van der Waals surface area contributed by atoms with E-state index in [0.717, 1.165) is 18.8 Å². The van der Waals surface area contributed by atoms with Crippen LogP contribution in [-0.4, -0.2) is 34.6 Å². The van der Waals surface area contributed by atoms with E-state index in [-0.39, 0.29) is 23.7 Å². The van der Waals surface area contributed by atoms with Crippen molar-refractivity contribution in [2.45, 2.75) is 117 Å². The maximum absolute atomic E-state index is 10.8. The van der Waals surface area contributed by atoms with E-state index in [1.54, 1.807) is 0 Å². The summed E-state index contributed by atoms with van der Waals surface area (Å²) in [5.41, 5.74) is 1.43. The highest BCUT2D eigenvalue weighted by atomic mass is 16.5. The molecule has 3 unspecified atom stereocenters. The molecule has 0 aromatic carbocycles. The van der Waals surface area contributed by atoms with Crippen LogP contribution in [-0.2, 0) is 4.74 Å². The Hall–Kier alpha value is -0.120. The number of aliphatic hydroxyl groups is 2. The zero-order valence-electron chi connectivity index (χ0n) is 20.8. The lowest BCUT2D eigenvalue weighted by Gasteiger charge is -2.63. The fourth-order valence-electron chi connectivity index (χ4n) is 11.9. The number of fused-ring (bicyclic) bond motifs is 4. The normalized spacial score (nSPS) is 63.9. The molecule has 5 saturated carbocycles. The maximum atomic E-state index is 10.8. The van der Waals surface area contributed by atoms with Crippen molar-refractivity contribution in [2.75, 3.05) is 6.61 Å². The van der Waals surface area contributed by atoms with Crippen LogP contribution in [0.2, 0.25) is 0 Å². The zero-order valence-corrected chi connectivity index (χ0v) is 20.8. The Morgan fingerprint density at radius 1 is 0.839 bits per heavy atom. The Morgan fingerprint density at radius 3 is 2.23 bits per heavy atom. The van der Waals surface area contributed by atoms with Crippen LogP contribution in [0, 0.1) is 50.7 Å². The molecule has 2 N–H and O–H groups in total. The lowest BCUT2D eigenvalue weighted by molar-refractivity contribution is -0.190. The van der Waals surface area contributed by atoms with Crippen molar-refractivity contribution in [2.24, 2.45) is 50.7 Å². The van der Waals surface area contributed by atoms with Gasteiger partial charge in [0.25, 0.3) is 0 Å². The van der Waals surface area contributed by atoms with E-state index >= 15 is 0 Å². The first-order valence-corrected chi connectivity index (χ1v) is 13.4. The van der Waals surface area contributed by atoms with Crippen molar-refractivity contribution in [1.82, 2.24) is 0 Å². The lowest BCUT2D eigenvalue weighted by atomic mass is 9.41. The van der Waals surface area contributed by atoms with Gasteiger partial charge >= 0.3 is 0 Å². The molecule has 2 spiro atoms. The molecule has 1 aliphatic heterocycles. The Balaban J connectivity index is 1.38. The summed E-state index contributed by atoms with van der Waals surface area (Å²) in [6.07, 6.45) is 11.5. The maximum Gasteiger partial charge on any atom is 0.0890 e. The molecular weight excluding hydrogens is 384 g/mol. The first-order valence-electron chi connectivity index (χ1n) is 13.4. The highest BCUT2D eigenvalue weighted by Crippen LogP contribution is 2.89. The lowest BCUT2D eigenvalue weighted by Crippen LogP contribution is -2.58. The third-order valence-electron chi connectivity index (χ3n) is 13.3. The Kier molecular flexibility index (Phi) is 4.09. The third-order valence-corrected chi connectivity index (χ3v) is 13.3. The molecule has 6 aliphatic rings. The number of aliphatic hydroxyl groups excluding tert-OH is 2. The second-order valence-corrected chi connectivity index (χ2v) is 14.6. The smallest absolute Gasteiger partial charge is 0.0890 e. The van der Waals surface area contributed by atoms with Gasteiger partial charge in [0.2, 0.25) is 0 Å². The molecular formula is C28H46O3. The minimum atomic E-state index is -0.361. The van der Waals surface area contributed by atoms with Gasteiger partial charge in [0.15, 0.2) is 0 Å². The van der Waals surface area contributed by atoms with E-state index in [2.05, 4.69) is 41.5 Å². The topological polar surface area (TPSA) is 49.7 Å². The van der Waals surface area contributed by atoms with Gasteiger partial charge in [-0.25, -0.2) is 0 Å². The van der Waals surface area contributed by atoms with E-state index in [4.69, 9.17) is 4.74 Å². The van der Waals surface area contributed by atoms with Crippen LogP contribution >= 0.6 is 0 Å². The summed E-state index contributed by atoms with van der Waals surface area (Å²) in [5.74, 6) is 2.75. The summed E-state index contributed by atoms with van der Waals surface area (Å²) in [6.45, 7) is 14.7. The van der Waals surface area contributed by atoms with Crippen LogP contribution in [0.1, 0.15) is 99.3 Å². The molecule has 6 fully saturated rings. The van der Waals surface area contributed by atoms with Gasteiger partial charge in [-0.2, -0.15) is 0 Å². The molecule has 3 heteroatoms. The molecule has 31 heavy (non-hydrogen) atoms. The van der Waals surface area contributed by atoms with E-state index in [9.17, 15) is 10.2 Å². The molecule has 0 bridgehead atoms. The van der Waals surface area contributed by atoms with Gasteiger partial charge in [0.05, 0.1) is 24.4 Å². The summed E-state index contributed by atoms with van der Waals surface area (Å²) >= 11 is 0. The summed E-state index contributed by atoms with van der Waals surface area (Å²) in [4.78, 5) is 0. The molecule has 1 heterocycles. The monoisotopic (exact) mass is 430 g/mol. The van der Waals surface area contributed by atoms with Gasteiger partial charge in [-0.3, -0.25) is 0 Å². The second kappa shape index (κ2) is 5.92. The first kappa shape index (κ1) is 21.4. The first-order chi connectivity index (χ1) is 14.4. The van der Waals surface area contributed by atoms with Crippen molar-refractivity contribution in [3.63, 3.8) is 0 Å². The molecule has 0 aromatic heterocycles. The van der Waals surface area contributed by atoms with E-state index in [1.165, 1.54) is 44.9 Å². The quantitative estimate of drug-likeness (QED) is 0.571. The van der Waals surface area contributed by atoms with Crippen molar-refractivity contribution in [3.8, 4) is 0 Å². The number of hydrogen-bond acceptors (Lipinski definition) is 3. The van der Waals surface area contributed by atoms with Gasteiger partial charge in [-0.1, -0.05) is 34.6 Å². The van der Waals surface area contributed by atoms with Crippen molar-refractivity contribution in [1.29, 1.82) is 0 Å². The van der Waals surface area contributed by atoms with Gasteiger partial charge in [0, 0.05) is 0 Å². The van der Waals surface area contributed by atoms with Crippen LogP contribution in [0.4, 0.5) is 0 Å². The predicted molar refractivity (Wildman–Crippen MR) is 122 cm³/mol. The van der Waals surface area contributed by atoms with Crippen LogP contribution in [0.15, 0.2) is 0 Å². The average molecular weight is 431 g/mol. The van der Waals surface area contributed by atoms with Crippen LogP contribution in [0.3, 0.4) is 0 Å². The van der Waals surface area contributed by atoms with Crippen molar-refractivity contribution in [3.05, 3.63) is 0 Å². The molecule has 5 aliphatic carbocycles. The Labute approximate surface area is 189 Å². The summed E-state index contributed by atoms with van der Waals surface area (Å²) in [6, 6.07) is 0. The number of rotatable bonds is 1. The molecule has 0 amide bonds. The minimum absolute atomic E-state index is 0.0681. The molecule has 0 aromatic rings. The van der Waals surface area contributed by atoms with Gasteiger partial charge < -0.3 is 14.9 Å². The zero-order chi connectivity index (χ0) is 22.2. The van der Waals surface area contributed by atoms with E-state index in [0.29, 0.717) is 45.5 Å². The second-order valence-electron chi connectivity index (χ2n) is 14.6. The molecule has 176 valence electrons. The summed E-state index contributed by atoms with van der Waals surface area (Å²) in [7, 11) is 0. The molecule has 6 rings (SSSR count). The minimum Gasteiger partial charge on any atom is -0.393 e. The van der Waals surface area contributed by atoms with E-state index < -0.39 is 0 Å². The van der Waals surface area contributed by atoms with Crippen LogP contribution in [0.25, 0.3) is 0 Å². The fourth-order valence-corrected chi connectivity index (χ4v) is 11.9. The van der Waals surface area contributed by atoms with Gasteiger partial charge in [0.1, 0.15) is 0 Å². The molecule has 3 nitrogen and oxygen atoms in total. The SMILES string of the molecule is C[C@@H]1C[C@](C)(CO)OC2C[C@@]3(C)[C@@H]4CCC5C(C)(C)[C@@H](O)CC[C@@]56C[C@@]46CC[C@]3(C)C21. The largest absolute Gasteiger partial charge is 0.393 e. The Morgan fingerprint density at radius 2 is 1.52 bits per heavy atom. The molecule has 0 radical (unpaired) electrons. The third kappa shape index (κ3) is 2.24. The predicted octanol–water partition coefficient (Wildman–Crippen LogP) is 5.57. The average Bonchev–Trinajstić information content (AvgIpc) is 3.29. The number of ether oxygens (including phenoxy) is 1. The summed E-state index contributed by atoms with van der Waals surface area (Å²) in [5, 5.41) is 20.9. The number of hydrogen-bond donors (Lipinski definition) is 2. The van der Waals surface area contributed by atoms with Crippen LogP contribution < -0.4 is 0 Å². The van der Waals surface area contributed by atoms with E-state index in [1.807, 2.05) is 0 Å². The standard InChI is InChI=1S/C28H46O3/c1-17-13-24(4,16-29)31-18-14-26(6)20-8-7-19-23(2,3)21(30)9-10-27(19)15-28(20,27)12-11-25(26,5)22(17)18/h17-22,29-30H,7-16H2,1-6H3/t17-,18?,19?,20+,21+,22?,24-,25-,26+,27-,28+/m1/s1.